The summed E-state index contributed by atoms with van der Waals surface area (Å²) in [6.07, 6.45) is 4.86. The minimum Gasteiger partial charge on any atom is -0.490 e. The Hall–Kier alpha value is -0.440. The average molecular weight is 274 g/mol. The molecule has 1 saturated carbocycles. The summed E-state index contributed by atoms with van der Waals surface area (Å²) in [6.45, 7) is 0.680. The molecule has 1 fully saturated rings. The Morgan fingerprint density at radius 2 is 1.76 bits per heavy atom. The Labute approximate surface area is 112 Å². The highest BCUT2D eigenvalue weighted by atomic mass is 35.5. The highest BCUT2D eigenvalue weighted by Gasteiger charge is 2.25. The predicted octanol–water partition coefficient (Wildman–Crippen LogP) is 3.89. The van der Waals surface area contributed by atoms with Crippen molar-refractivity contribution in [1.82, 2.24) is 0 Å². The SMILES string of the molecule is NCC1CCCCC1Oc1cc(Cl)cc(Cl)c1. The second kappa shape index (κ2) is 5.94. The summed E-state index contributed by atoms with van der Waals surface area (Å²) in [5.41, 5.74) is 5.77. The van der Waals surface area contributed by atoms with Crippen LogP contribution in [0.5, 0.6) is 5.75 Å². The van der Waals surface area contributed by atoms with E-state index in [0.717, 1.165) is 18.6 Å². The summed E-state index contributed by atoms with van der Waals surface area (Å²) in [5.74, 6) is 1.19. The van der Waals surface area contributed by atoms with Crippen molar-refractivity contribution in [3.8, 4) is 5.75 Å². The summed E-state index contributed by atoms with van der Waals surface area (Å²) >= 11 is 11.9. The van der Waals surface area contributed by atoms with Crippen molar-refractivity contribution in [1.29, 1.82) is 0 Å². The van der Waals surface area contributed by atoms with E-state index in [1.165, 1.54) is 12.8 Å². The molecular weight excluding hydrogens is 257 g/mol. The number of halogens is 2. The zero-order valence-electron chi connectivity index (χ0n) is 9.66. The van der Waals surface area contributed by atoms with Crippen LogP contribution in [0.2, 0.25) is 10.0 Å². The van der Waals surface area contributed by atoms with Gasteiger partial charge in [0.25, 0.3) is 0 Å². The molecule has 0 heterocycles. The maximum atomic E-state index is 5.97. The molecule has 2 rings (SSSR count). The molecule has 4 heteroatoms. The van der Waals surface area contributed by atoms with E-state index in [0.29, 0.717) is 22.5 Å². The van der Waals surface area contributed by atoms with Crippen molar-refractivity contribution < 1.29 is 4.74 Å². The molecule has 0 saturated heterocycles. The first-order chi connectivity index (χ1) is 8.19. The van der Waals surface area contributed by atoms with Gasteiger partial charge in [-0.05, 0) is 44.0 Å². The third-order valence-electron chi connectivity index (χ3n) is 3.27. The van der Waals surface area contributed by atoms with Crippen molar-refractivity contribution in [2.24, 2.45) is 11.7 Å². The van der Waals surface area contributed by atoms with Gasteiger partial charge in [-0.15, -0.1) is 0 Å². The van der Waals surface area contributed by atoms with Gasteiger partial charge < -0.3 is 10.5 Å². The number of nitrogens with two attached hydrogens (primary N) is 1. The molecule has 2 nitrogen and oxygen atoms in total. The average Bonchev–Trinajstić information content (AvgIpc) is 2.28. The van der Waals surface area contributed by atoms with Crippen LogP contribution in [0.15, 0.2) is 18.2 Å². The minimum absolute atomic E-state index is 0.197. The number of benzene rings is 1. The van der Waals surface area contributed by atoms with Gasteiger partial charge in [0, 0.05) is 16.0 Å². The van der Waals surface area contributed by atoms with Crippen molar-refractivity contribution in [2.75, 3.05) is 6.54 Å². The number of hydrogen-bond acceptors (Lipinski definition) is 2. The van der Waals surface area contributed by atoms with Crippen LogP contribution in [0, 0.1) is 5.92 Å². The van der Waals surface area contributed by atoms with E-state index in [9.17, 15) is 0 Å². The van der Waals surface area contributed by atoms with Crippen LogP contribution < -0.4 is 10.5 Å². The van der Waals surface area contributed by atoms with Crippen LogP contribution in [0.25, 0.3) is 0 Å². The quantitative estimate of drug-likeness (QED) is 0.907. The summed E-state index contributed by atoms with van der Waals surface area (Å²) in [5, 5.41) is 1.21. The molecule has 94 valence electrons. The topological polar surface area (TPSA) is 35.2 Å². The third kappa shape index (κ3) is 3.51. The first-order valence-corrected chi connectivity index (χ1v) is 6.77. The summed E-state index contributed by atoms with van der Waals surface area (Å²) in [6, 6.07) is 5.31. The van der Waals surface area contributed by atoms with Gasteiger partial charge in [-0.25, -0.2) is 0 Å². The van der Waals surface area contributed by atoms with Gasteiger partial charge in [0.15, 0.2) is 0 Å². The lowest BCUT2D eigenvalue weighted by atomic mass is 9.86. The van der Waals surface area contributed by atoms with Crippen molar-refractivity contribution >= 4 is 23.2 Å². The maximum absolute atomic E-state index is 5.97. The van der Waals surface area contributed by atoms with Crippen LogP contribution in [-0.4, -0.2) is 12.6 Å². The Morgan fingerprint density at radius 3 is 2.41 bits per heavy atom. The van der Waals surface area contributed by atoms with E-state index < -0.39 is 0 Å². The number of rotatable bonds is 3. The predicted molar refractivity (Wildman–Crippen MR) is 71.9 cm³/mol. The molecule has 0 aromatic heterocycles. The molecular formula is C13H17Cl2NO. The lowest BCUT2D eigenvalue weighted by Crippen LogP contribution is -2.35. The summed E-state index contributed by atoms with van der Waals surface area (Å²) in [4.78, 5) is 0. The molecule has 2 N–H and O–H groups in total. The van der Waals surface area contributed by atoms with Gasteiger partial charge in [0.1, 0.15) is 11.9 Å². The van der Waals surface area contributed by atoms with Crippen LogP contribution in [0.1, 0.15) is 25.7 Å². The van der Waals surface area contributed by atoms with Gasteiger partial charge >= 0.3 is 0 Å². The summed E-state index contributed by atoms with van der Waals surface area (Å²) < 4.78 is 5.97. The molecule has 1 aliphatic rings. The Bertz CT molecular complexity index is 363. The van der Waals surface area contributed by atoms with Gasteiger partial charge in [-0.2, -0.15) is 0 Å². The molecule has 0 aliphatic heterocycles. The van der Waals surface area contributed by atoms with E-state index in [1.54, 1.807) is 18.2 Å². The standard InChI is InChI=1S/C13H17Cl2NO/c14-10-5-11(15)7-12(6-10)17-13-4-2-1-3-9(13)8-16/h5-7,9,13H,1-4,8,16H2. The first kappa shape index (κ1) is 13.0. The Kier molecular flexibility index (Phi) is 4.55. The van der Waals surface area contributed by atoms with E-state index in [-0.39, 0.29) is 6.10 Å². The molecule has 1 aliphatic carbocycles. The fourth-order valence-electron chi connectivity index (χ4n) is 2.37. The second-order valence-corrected chi connectivity index (χ2v) is 5.41. The monoisotopic (exact) mass is 273 g/mol. The number of ether oxygens (including phenoxy) is 1. The molecule has 0 amide bonds. The number of hydrogen-bond donors (Lipinski definition) is 1. The first-order valence-electron chi connectivity index (χ1n) is 6.02. The summed E-state index contributed by atoms with van der Waals surface area (Å²) in [7, 11) is 0. The molecule has 17 heavy (non-hydrogen) atoms. The van der Waals surface area contributed by atoms with Crippen LogP contribution in [0.3, 0.4) is 0 Å². The van der Waals surface area contributed by atoms with Gasteiger partial charge in [-0.1, -0.05) is 29.6 Å². The molecule has 0 bridgehead atoms. The van der Waals surface area contributed by atoms with Crippen LogP contribution in [0.4, 0.5) is 0 Å². The van der Waals surface area contributed by atoms with Crippen molar-refractivity contribution in [3.05, 3.63) is 28.2 Å². The van der Waals surface area contributed by atoms with E-state index in [4.69, 9.17) is 33.7 Å². The van der Waals surface area contributed by atoms with E-state index in [2.05, 4.69) is 0 Å². The maximum Gasteiger partial charge on any atom is 0.122 e. The highest BCUT2D eigenvalue weighted by molar-refractivity contribution is 6.34. The lowest BCUT2D eigenvalue weighted by molar-refractivity contribution is 0.0970. The van der Waals surface area contributed by atoms with Crippen LogP contribution in [-0.2, 0) is 0 Å². The molecule has 2 atom stereocenters. The van der Waals surface area contributed by atoms with E-state index in [1.807, 2.05) is 0 Å². The fourth-order valence-corrected chi connectivity index (χ4v) is 2.88. The molecule has 1 aromatic rings. The molecule has 0 radical (unpaired) electrons. The largest absolute Gasteiger partial charge is 0.490 e. The molecule has 2 unspecified atom stereocenters. The second-order valence-electron chi connectivity index (χ2n) is 4.54. The smallest absolute Gasteiger partial charge is 0.122 e. The van der Waals surface area contributed by atoms with Crippen LogP contribution >= 0.6 is 23.2 Å². The minimum atomic E-state index is 0.197. The van der Waals surface area contributed by atoms with Gasteiger partial charge in [0.05, 0.1) is 0 Å². The van der Waals surface area contributed by atoms with E-state index >= 15 is 0 Å². The van der Waals surface area contributed by atoms with Gasteiger partial charge in [0.2, 0.25) is 0 Å². The zero-order valence-corrected chi connectivity index (χ0v) is 11.2. The molecule has 0 spiro atoms. The normalized spacial score (nSPS) is 24.6. The van der Waals surface area contributed by atoms with Gasteiger partial charge in [-0.3, -0.25) is 0 Å². The Balaban J connectivity index is 2.08. The zero-order chi connectivity index (χ0) is 12.3. The fraction of sp³-hybridized carbons (Fsp3) is 0.538. The van der Waals surface area contributed by atoms with Crippen molar-refractivity contribution in [2.45, 2.75) is 31.8 Å². The molecule has 1 aromatic carbocycles. The van der Waals surface area contributed by atoms with Crippen molar-refractivity contribution in [3.63, 3.8) is 0 Å². The third-order valence-corrected chi connectivity index (χ3v) is 3.70. The Morgan fingerprint density at radius 1 is 1.12 bits per heavy atom. The lowest BCUT2D eigenvalue weighted by Gasteiger charge is -2.31. The highest BCUT2D eigenvalue weighted by Crippen LogP contribution is 2.30.